The number of hydrogen-bond acceptors (Lipinski definition) is 7. The average Bonchev–Trinajstić information content (AvgIpc) is 2.38. The second kappa shape index (κ2) is 10.1. The smallest absolute Gasteiger partial charge is 0.197 e. The second-order valence-corrected chi connectivity index (χ2v) is 4.53. The monoisotopic (exact) mass is 357 g/mol. The molecule has 2 heterocycles. The fourth-order valence-electron chi connectivity index (χ4n) is 0.829. The predicted octanol–water partition coefficient (Wildman–Crippen LogP) is -0.955. The van der Waals surface area contributed by atoms with Crippen LogP contribution >= 0.6 is 0 Å². The molecule has 0 aliphatic carbocycles. The van der Waals surface area contributed by atoms with Gasteiger partial charge in [-0.05, 0) is 12.1 Å². The van der Waals surface area contributed by atoms with E-state index < -0.39 is 26.2 Å². The van der Waals surface area contributed by atoms with Gasteiger partial charge in [-0.1, -0.05) is 0 Å². The molecule has 2 rings (SSSR count). The maximum atomic E-state index is 8.78. The predicted molar refractivity (Wildman–Crippen MR) is 62.4 cm³/mol. The van der Waals surface area contributed by atoms with Gasteiger partial charge in [0.05, 0.1) is 0 Å². The third-order valence-electron chi connectivity index (χ3n) is 1.33. The summed E-state index contributed by atoms with van der Waals surface area (Å²) in [5.74, 6) is 1.11. The fraction of sp³-hybridized carbons (Fsp3) is 0. The third kappa shape index (κ3) is 14.6. The Bertz CT molecular complexity index is 591. The molecule has 2 aromatic heterocycles. The zero-order chi connectivity index (χ0) is 16.3. The molecule has 0 radical (unpaired) electrons. The molecular weight excluding hydrogens is 347 g/mol. The summed E-state index contributed by atoms with van der Waals surface area (Å²) in [6.45, 7) is 0. The van der Waals surface area contributed by atoms with E-state index in [9.17, 15) is 0 Å². The maximum Gasteiger partial charge on any atom is 0.197 e. The molecule has 0 spiro atoms. The van der Waals surface area contributed by atoms with Crippen molar-refractivity contribution in [2.24, 2.45) is 0 Å². The van der Waals surface area contributed by atoms with Gasteiger partial charge in [0.25, 0.3) is 0 Å². The van der Waals surface area contributed by atoms with Crippen molar-refractivity contribution < 1.29 is 45.1 Å². The summed E-state index contributed by atoms with van der Waals surface area (Å²) in [5, 5.41) is 0. The van der Waals surface area contributed by atoms with Crippen molar-refractivity contribution in [3.63, 3.8) is 0 Å². The first-order valence-corrected chi connectivity index (χ1v) is 8.01. The van der Waals surface area contributed by atoms with Crippen LogP contribution in [0, 0.1) is 0 Å². The first-order chi connectivity index (χ1) is 9.70. The molecule has 0 fully saturated rings. The summed E-state index contributed by atoms with van der Waals surface area (Å²) in [4.78, 5) is 16.1. The van der Waals surface area contributed by atoms with E-state index in [1.807, 2.05) is 0 Å². The molecule has 4 N–H and O–H groups in total. The van der Waals surface area contributed by atoms with E-state index in [0.29, 0.717) is 11.6 Å². The Kier molecular flexibility index (Phi) is 9.32. The summed E-state index contributed by atoms with van der Waals surface area (Å²) in [6, 6.07) is 3.51. The molecule has 0 aliphatic heterocycles. The van der Waals surface area contributed by atoms with E-state index >= 15 is 0 Å². The van der Waals surface area contributed by atoms with E-state index in [1.165, 1.54) is 0 Å². The normalized spacial score (nSPS) is 9.52. The van der Waals surface area contributed by atoms with Crippen LogP contribution in [-0.2, 0) is 29.9 Å². The minimum atomic E-state index is -4.67. The van der Waals surface area contributed by atoms with E-state index in [0.717, 1.165) is 0 Å². The molecular formula is C8H10N4O7SV. The van der Waals surface area contributed by atoms with Gasteiger partial charge in [-0.2, -0.15) is 8.42 Å². The molecule has 0 saturated carbocycles. The van der Waals surface area contributed by atoms with Gasteiger partial charge in [0, 0.05) is 24.8 Å². The Morgan fingerprint density at radius 1 is 0.810 bits per heavy atom. The van der Waals surface area contributed by atoms with Crippen LogP contribution in [0.1, 0.15) is 0 Å². The summed E-state index contributed by atoms with van der Waals surface area (Å²) >= 11 is -3.44. The average molecular weight is 357 g/mol. The molecule has 21 heavy (non-hydrogen) atoms. The van der Waals surface area contributed by atoms with Gasteiger partial charge < -0.3 is 0 Å². The maximum absolute atomic E-state index is 8.78. The quantitative estimate of drug-likeness (QED) is 0.461. The molecule has 13 heteroatoms. The molecule has 0 aliphatic rings. The van der Waals surface area contributed by atoms with Gasteiger partial charge in [0.2, 0.25) is 0 Å². The van der Waals surface area contributed by atoms with E-state index in [4.69, 9.17) is 29.3 Å². The van der Waals surface area contributed by atoms with Crippen LogP contribution in [0.2, 0.25) is 0 Å². The molecule has 0 amide bonds. The zero-order valence-electron chi connectivity index (χ0n) is 10.1. The van der Waals surface area contributed by atoms with Crippen molar-refractivity contribution >= 4 is 10.4 Å². The van der Waals surface area contributed by atoms with Gasteiger partial charge in [-0.25, -0.2) is 19.9 Å². The van der Waals surface area contributed by atoms with Crippen molar-refractivity contribution in [3.8, 4) is 11.6 Å². The molecule has 11 nitrogen and oxygen atoms in total. The van der Waals surface area contributed by atoms with Crippen molar-refractivity contribution in [1.29, 1.82) is 0 Å². The molecule has 115 valence electrons. The molecule has 0 bridgehead atoms. The summed E-state index contributed by atoms with van der Waals surface area (Å²) in [6.07, 6.45) is 6.66. The van der Waals surface area contributed by atoms with E-state index in [-0.39, 0.29) is 0 Å². The Morgan fingerprint density at radius 2 is 1.00 bits per heavy atom. The van der Waals surface area contributed by atoms with Crippen molar-refractivity contribution in [3.05, 3.63) is 36.9 Å². The molecule has 2 aromatic rings. The van der Waals surface area contributed by atoms with Crippen LogP contribution in [0.4, 0.5) is 0 Å². The molecule has 0 saturated heterocycles. The Labute approximate surface area is 124 Å². The Balaban J connectivity index is 0.000000374. The van der Waals surface area contributed by atoms with Gasteiger partial charge in [-0.15, -0.1) is 0 Å². The summed E-state index contributed by atoms with van der Waals surface area (Å²) in [7, 11) is -4.67. The minimum absolute atomic E-state index is 0.554. The number of aromatic nitrogens is 4. The molecule has 0 unspecified atom stereocenters. The first-order valence-electron chi connectivity index (χ1n) is 4.79. The van der Waals surface area contributed by atoms with Gasteiger partial charge in [0.15, 0.2) is 11.6 Å². The summed E-state index contributed by atoms with van der Waals surface area (Å²) < 4.78 is 54.8. The van der Waals surface area contributed by atoms with E-state index in [2.05, 4.69) is 19.9 Å². The van der Waals surface area contributed by atoms with Crippen LogP contribution in [0.3, 0.4) is 0 Å². The molecule has 0 aromatic carbocycles. The molecule has 0 atom stereocenters. The van der Waals surface area contributed by atoms with Gasteiger partial charge in [-0.3, -0.25) is 9.11 Å². The Hall–Kier alpha value is -1.67. The standard InChI is InChI=1S/C8H6N4.H2O4S.2H2O.O.V/c1-3-9-7(10-4-1)8-11-5-2-6-12-8;1-5(2,3)4;;;;/h1-6H;(H2,1,2,3,4);2*1H2;;/q;;;;;+2/p-2. The van der Waals surface area contributed by atoms with Gasteiger partial charge in [0.1, 0.15) is 0 Å². The van der Waals surface area contributed by atoms with Crippen LogP contribution in [0.25, 0.3) is 11.6 Å². The van der Waals surface area contributed by atoms with Crippen LogP contribution < -0.4 is 0 Å². The van der Waals surface area contributed by atoms with Crippen molar-refractivity contribution in [1.82, 2.24) is 19.9 Å². The first kappa shape index (κ1) is 19.3. The summed E-state index contributed by atoms with van der Waals surface area (Å²) in [5.41, 5.74) is 0. The largest absolute Gasteiger partial charge is 0.234 e. The SMILES string of the molecule is O=S(=O)(O)O.[O]=[V]([OH])[OH].c1cnc(-c2ncccn2)nc1. The van der Waals surface area contributed by atoms with Crippen molar-refractivity contribution in [2.45, 2.75) is 0 Å². The van der Waals surface area contributed by atoms with Gasteiger partial charge >= 0.3 is 37.9 Å². The van der Waals surface area contributed by atoms with E-state index in [1.54, 1.807) is 36.9 Å². The number of hydrogen-bond donors (Lipinski definition) is 4. The van der Waals surface area contributed by atoms with Crippen LogP contribution in [-0.4, -0.2) is 45.5 Å². The topological polar surface area (TPSA) is 184 Å². The van der Waals surface area contributed by atoms with Crippen LogP contribution in [0.5, 0.6) is 0 Å². The Morgan fingerprint density at radius 3 is 1.19 bits per heavy atom. The van der Waals surface area contributed by atoms with Crippen molar-refractivity contribution in [2.75, 3.05) is 0 Å². The zero-order valence-corrected chi connectivity index (χ0v) is 12.3. The second-order valence-electron chi connectivity index (χ2n) is 2.85. The fourth-order valence-corrected chi connectivity index (χ4v) is 0.829. The third-order valence-corrected chi connectivity index (χ3v) is 1.33. The van der Waals surface area contributed by atoms with Crippen LogP contribution in [0.15, 0.2) is 36.9 Å². The number of nitrogens with zero attached hydrogens (tertiary/aromatic N) is 4. The minimum Gasteiger partial charge on any atom is -0.234 e. The number of rotatable bonds is 1.